The van der Waals surface area contributed by atoms with Crippen LogP contribution < -0.4 is 5.73 Å². The molecule has 0 bridgehead atoms. The molecule has 1 heterocycles. The van der Waals surface area contributed by atoms with E-state index < -0.39 is 0 Å². The third kappa shape index (κ3) is 2.98. The lowest BCUT2D eigenvalue weighted by molar-refractivity contribution is 0.312. The second-order valence-electron chi connectivity index (χ2n) is 4.88. The van der Waals surface area contributed by atoms with Crippen LogP contribution in [-0.4, -0.2) is 10.1 Å². The molecular weight excluding hydrogens is 245 g/mol. The molecule has 4 nitrogen and oxygen atoms in total. The number of benzene rings is 1. The van der Waals surface area contributed by atoms with Gasteiger partial charge in [-0.05, 0) is 36.6 Å². The highest BCUT2D eigenvalue weighted by molar-refractivity contribution is 5.55. The standard InChI is InChI=1S/C14H18FN3O/c1-4-9(3)12(16)14-17-13(18-19-14)10-5-8(2)6-11(15)7-10/h5-7,9,12H,4,16H2,1-3H3/t9?,12-/m0/s1. The lowest BCUT2D eigenvalue weighted by Crippen LogP contribution is -2.18. The molecule has 0 saturated heterocycles. The van der Waals surface area contributed by atoms with Crippen molar-refractivity contribution in [2.45, 2.75) is 33.2 Å². The number of aryl methyl sites for hydroxylation is 1. The van der Waals surface area contributed by atoms with E-state index in [-0.39, 0.29) is 17.8 Å². The molecule has 0 spiro atoms. The van der Waals surface area contributed by atoms with Gasteiger partial charge in [-0.25, -0.2) is 4.39 Å². The van der Waals surface area contributed by atoms with Crippen LogP contribution in [0.25, 0.3) is 11.4 Å². The Bertz CT molecular complexity index is 547. The minimum atomic E-state index is -0.312. The van der Waals surface area contributed by atoms with Gasteiger partial charge in [0, 0.05) is 5.56 Å². The fraction of sp³-hybridized carbons (Fsp3) is 0.429. The Kier molecular flexibility index (Phi) is 3.95. The van der Waals surface area contributed by atoms with Gasteiger partial charge in [0.2, 0.25) is 11.7 Å². The van der Waals surface area contributed by atoms with Crippen molar-refractivity contribution in [3.8, 4) is 11.4 Å². The SMILES string of the molecule is CCC(C)[C@H](N)c1nc(-c2cc(C)cc(F)c2)no1. The Morgan fingerprint density at radius 1 is 1.37 bits per heavy atom. The lowest BCUT2D eigenvalue weighted by Gasteiger charge is -2.12. The van der Waals surface area contributed by atoms with Gasteiger partial charge in [-0.15, -0.1) is 0 Å². The minimum absolute atomic E-state index is 0.252. The van der Waals surface area contributed by atoms with Crippen LogP contribution in [0.1, 0.15) is 37.8 Å². The fourth-order valence-corrected chi connectivity index (χ4v) is 1.85. The summed E-state index contributed by atoms with van der Waals surface area (Å²) in [7, 11) is 0. The first-order valence-electron chi connectivity index (χ1n) is 6.38. The summed E-state index contributed by atoms with van der Waals surface area (Å²) in [5.74, 6) is 0.706. The Morgan fingerprint density at radius 3 is 2.74 bits per heavy atom. The van der Waals surface area contributed by atoms with E-state index in [2.05, 4.69) is 17.1 Å². The molecule has 102 valence electrons. The highest BCUT2D eigenvalue weighted by atomic mass is 19.1. The highest BCUT2D eigenvalue weighted by Crippen LogP contribution is 2.24. The second-order valence-corrected chi connectivity index (χ2v) is 4.88. The van der Waals surface area contributed by atoms with Gasteiger partial charge >= 0.3 is 0 Å². The predicted molar refractivity (Wildman–Crippen MR) is 70.8 cm³/mol. The largest absolute Gasteiger partial charge is 0.337 e. The van der Waals surface area contributed by atoms with Gasteiger partial charge in [-0.1, -0.05) is 25.4 Å². The van der Waals surface area contributed by atoms with Crippen molar-refractivity contribution >= 4 is 0 Å². The monoisotopic (exact) mass is 263 g/mol. The zero-order valence-electron chi connectivity index (χ0n) is 11.4. The molecule has 0 aliphatic rings. The van der Waals surface area contributed by atoms with Gasteiger partial charge in [0.15, 0.2) is 0 Å². The van der Waals surface area contributed by atoms with E-state index in [4.69, 9.17) is 10.3 Å². The average Bonchev–Trinajstić information content (AvgIpc) is 2.85. The number of hydrogen-bond donors (Lipinski definition) is 1. The maximum absolute atomic E-state index is 13.4. The number of halogens is 1. The molecular formula is C14H18FN3O. The molecule has 1 aromatic heterocycles. The van der Waals surface area contributed by atoms with Crippen molar-refractivity contribution in [2.75, 3.05) is 0 Å². The van der Waals surface area contributed by atoms with Crippen LogP contribution in [0.4, 0.5) is 4.39 Å². The summed E-state index contributed by atoms with van der Waals surface area (Å²) in [5.41, 5.74) is 7.44. The summed E-state index contributed by atoms with van der Waals surface area (Å²) in [6.45, 7) is 5.90. The summed E-state index contributed by atoms with van der Waals surface area (Å²) in [6, 6.07) is 4.36. The van der Waals surface area contributed by atoms with Crippen molar-refractivity contribution in [3.05, 3.63) is 35.5 Å². The van der Waals surface area contributed by atoms with Crippen LogP contribution in [0.3, 0.4) is 0 Å². The van der Waals surface area contributed by atoms with Gasteiger partial charge in [0.1, 0.15) is 5.82 Å². The van der Waals surface area contributed by atoms with Crippen molar-refractivity contribution in [1.29, 1.82) is 0 Å². The molecule has 0 aliphatic heterocycles. The van der Waals surface area contributed by atoms with E-state index in [0.29, 0.717) is 17.3 Å². The summed E-state index contributed by atoms with van der Waals surface area (Å²) in [6.07, 6.45) is 0.929. The smallest absolute Gasteiger partial charge is 0.244 e. The first-order chi connectivity index (χ1) is 9.01. The van der Waals surface area contributed by atoms with Crippen molar-refractivity contribution in [2.24, 2.45) is 11.7 Å². The van der Waals surface area contributed by atoms with Gasteiger partial charge in [0.05, 0.1) is 6.04 Å². The minimum Gasteiger partial charge on any atom is -0.337 e. The van der Waals surface area contributed by atoms with Crippen LogP contribution >= 0.6 is 0 Å². The quantitative estimate of drug-likeness (QED) is 0.919. The predicted octanol–water partition coefficient (Wildman–Crippen LogP) is 3.23. The molecule has 0 aliphatic carbocycles. The van der Waals surface area contributed by atoms with E-state index in [1.54, 1.807) is 0 Å². The fourth-order valence-electron chi connectivity index (χ4n) is 1.85. The highest BCUT2D eigenvalue weighted by Gasteiger charge is 2.20. The van der Waals surface area contributed by atoms with Crippen molar-refractivity contribution in [3.63, 3.8) is 0 Å². The van der Waals surface area contributed by atoms with E-state index in [9.17, 15) is 4.39 Å². The van der Waals surface area contributed by atoms with Crippen molar-refractivity contribution < 1.29 is 8.91 Å². The van der Waals surface area contributed by atoms with Crippen LogP contribution in [0.15, 0.2) is 22.7 Å². The van der Waals surface area contributed by atoms with Gasteiger partial charge in [-0.2, -0.15) is 4.98 Å². The molecule has 0 radical (unpaired) electrons. The Balaban J connectivity index is 2.30. The average molecular weight is 263 g/mol. The van der Waals surface area contributed by atoms with E-state index in [1.807, 2.05) is 19.9 Å². The molecule has 2 aromatic rings. The van der Waals surface area contributed by atoms with Crippen LogP contribution in [0.5, 0.6) is 0 Å². The first-order valence-corrected chi connectivity index (χ1v) is 6.38. The molecule has 1 aromatic carbocycles. The van der Waals surface area contributed by atoms with Gasteiger partial charge < -0.3 is 10.3 Å². The maximum atomic E-state index is 13.4. The number of aromatic nitrogens is 2. The number of nitrogens with zero attached hydrogens (tertiary/aromatic N) is 2. The molecule has 0 fully saturated rings. The van der Waals surface area contributed by atoms with E-state index in [0.717, 1.165) is 12.0 Å². The van der Waals surface area contributed by atoms with Crippen LogP contribution in [-0.2, 0) is 0 Å². The zero-order chi connectivity index (χ0) is 14.0. The Hall–Kier alpha value is -1.75. The summed E-state index contributed by atoms with van der Waals surface area (Å²) < 4.78 is 18.5. The molecule has 5 heteroatoms. The summed E-state index contributed by atoms with van der Waals surface area (Å²) >= 11 is 0. The Labute approximate surface area is 111 Å². The molecule has 2 rings (SSSR count). The maximum Gasteiger partial charge on any atom is 0.244 e. The molecule has 1 unspecified atom stereocenters. The first kappa shape index (κ1) is 13.7. The third-order valence-electron chi connectivity index (χ3n) is 3.28. The zero-order valence-corrected chi connectivity index (χ0v) is 11.4. The van der Waals surface area contributed by atoms with Crippen LogP contribution in [0.2, 0.25) is 0 Å². The molecule has 0 amide bonds. The number of nitrogens with two attached hydrogens (primary N) is 1. The molecule has 2 atom stereocenters. The summed E-state index contributed by atoms with van der Waals surface area (Å²) in [4.78, 5) is 4.26. The van der Waals surface area contributed by atoms with Crippen LogP contribution in [0, 0.1) is 18.7 Å². The number of hydrogen-bond acceptors (Lipinski definition) is 4. The van der Waals surface area contributed by atoms with Gasteiger partial charge in [-0.3, -0.25) is 0 Å². The molecule has 0 saturated carbocycles. The lowest BCUT2D eigenvalue weighted by atomic mass is 10.0. The Morgan fingerprint density at radius 2 is 2.11 bits per heavy atom. The molecule has 2 N–H and O–H groups in total. The van der Waals surface area contributed by atoms with Crippen molar-refractivity contribution in [1.82, 2.24) is 10.1 Å². The van der Waals surface area contributed by atoms with Gasteiger partial charge in [0.25, 0.3) is 0 Å². The normalized spacial score (nSPS) is 14.4. The number of rotatable bonds is 4. The topological polar surface area (TPSA) is 64.9 Å². The summed E-state index contributed by atoms with van der Waals surface area (Å²) in [5, 5.41) is 3.87. The molecule has 19 heavy (non-hydrogen) atoms. The second kappa shape index (κ2) is 5.48. The van der Waals surface area contributed by atoms with E-state index >= 15 is 0 Å². The van der Waals surface area contributed by atoms with E-state index in [1.165, 1.54) is 12.1 Å². The third-order valence-corrected chi connectivity index (χ3v) is 3.28.